The lowest BCUT2D eigenvalue weighted by Gasteiger charge is -2.12. The third-order valence-electron chi connectivity index (χ3n) is 4.45. The SMILES string of the molecule is C#CCn1cc(NC(=O)c2cnn3cccnc23)c(-c2cc(SC)ccc2OC(F)F)n1. The Bertz CT molecular complexity index is 1330. The highest BCUT2D eigenvalue weighted by Gasteiger charge is 2.22. The molecule has 32 heavy (non-hydrogen) atoms. The van der Waals surface area contributed by atoms with Crippen LogP contribution < -0.4 is 10.1 Å². The number of aromatic nitrogens is 5. The second-order valence-electron chi connectivity index (χ2n) is 6.43. The van der Waals surface area contributed by atoms with Gasteiger partial charge in [0.25, 0.3) is 5.91 Å². The van der Waals surface area contributed by atoms with E-state index in [9.17, 15) is 13.6 Å². The molecule has 0 atom stereocenters. The van der Waals surface area contributed by atoms with Gasteiger partial charge in [-0.25, -0.2) is 9.50 Å². The summed E-state index contributed by atoms with van der Waals surface area (Å²) in [4.78, 5) is 18.0. The average molecular weight is 454 g/mol. The fraction of sp³-hybridized carbons (Fsp3) is 0.143. The number of benzene rings is 1. The van der Waals surface area contributed by atoms with Crippen LogP contribution in [0.3, 0.4) is 0 Å². The summed E-state index contributed by atoms with van der Waals surface area (Å²) in [5.74, 6) is 1.90. The maximum absolute atomic E-state index is 13.0. The van der Waals surface area contributed by atoms with Crippen LogP contribution in [0.5, 0.6) is 5.75 Å². The summed E-state index contributed by atoms with van der Waals surface area (Å²) in [6.45, 7) is -2.90. The Balaban J connectivity index is 1.78. The minimum absolute atomic E-state index is 0.0723. The van der Waals surface area contributed by atoms with Gasteiger partial charge in [-0.05, 0) is 30.5 Å². The predicted octanol–water partition coefficient (Wildman–Crippen LogP) is 3.80. The van der Waals surface area contributed by atoms with Crippen molar-refractivity contribution in [3.8, 4) is 29.4 Å². The van der Waals surface area contributed by atoms with E-state index in [-0.39, 0.29) is 29.2 Å². The van der Waals surface area contributed by atoms with Crippen LogP contribution in [0, 0.1) is 12.3 Å². The maximum Gasteiger partial charge on any atom is 0.387 e. The first-order valence-corrected chi connectivity index (χ1v) is 10.5. The summed E-state index contributed by atoms with van der Waals surface area (Å²) in [7, 11) is 0. The number of carbonyl (C=O) groups excluding carboxylic acids is 1. The molecule has 0 saturated carbocycles. The Hall–Kier alpha value is -3.91. The molecule has 0 spiro atoms. The Morgan fingerprint density at radius 3 is 3.00 bits per heavy atom. The normalized spacial score (nSPS) is 11.0. The molecule has 4 rings (SSSR count). The number of rotatable bonds is 7. The average Bonchev–Trinajstić information content (AvgIpc) is 3.38. The van der Waals surface area contributed by atoms with Gasteiger partial charge in [-0.1, -0.05) is 5.92 Å². The number of anilines is 1. The van der Waals surface area contributed by atoms with Crippen molar-refractivity contribution in [1.29, 1.82) is 0 Å². The highest BCUT2D eigenvalue weighted by molar-refractivity contribution is 7.98. The molecule has 1 aromatic carbocycles. The van der Waals surface area contributed by atoms with E-state index in [1.807, 2.05) is 6.26 Å². The molecule has 162 valence electrons. The number of carbonyl (C=O) groups is 1. The molecule has 3 heterocycles. The number of nitrogens with one attached hydrogen (secondary N) is 1. The van der Waals surface area contributed by atoms with Gasteiger partial charge in [-0.2, -0.15) is 19.0 Å². The lowest BCUT2D eigenvalue weighted by Crippen LogP contribution is -2.12. The topological polar surface area (TPSA) is 86.3 Å². The van der Waals surface area contributed by atoms with Gasteiger partial charge in [0, 0.05) is 22.9 Å². The van der Waals surface area contributed by atoms with Gasteiger partial charge in [0.1, 0.15) is 23.6 Å². The molecule has 0 aliphatic heterocycles. The smallest absolute Gasteiger partial charge is 0.387 e. The molecule has 1 N–H and O–H groups in total. The number of halogens is 2. The lowest BCUT2D eigenvalue weighted by atomic mass is 10.1. The van der Waals surface area contributed by atoms with Crippen LogP contribution in [0.25, 0.3) is 16.9 Å². The van der Waals surface area contributed by atoms with Crippen LogP contribution in [-0.4, -0.2) is 43.2 Å². The Kier molecular flexibility index (Phi) is 6.04. The van der Waals surface area contributed by atoms with Gasteiger partial charge in [0.05, 0.1) is 18.1 Å². The van der Waals surface area contributed by atoms with E-state index in [1.165, 1.54) is 39.4 Å². The Labute approximate surface area is 185 Å². The first-order valence-electron chi connectivity index (χ1n) is 9.24. The van der Waals surface area contributed by atoms with Crippen LogP contribution >= 0.6 is 11.8 Å². The van der Waals surface area contributed by atoms with E-state index in [4.69, 9.17) is 11.2 Å². The number of hydrogen-bond acceptors (Lipinski definition) is 6. The Morgan fingerprint density at radius 2 is 2.25 bits per heavy atom. The van der Waals surface area contributed by atoms with Gasteiger partial charge >= 0.3 is 6.61 Å². The zero-order chi connectivity index (χ0) is 22.7. The number of ether oxygens (including phenoxy) is 1. The number of terminal acetylenes is 1. The molecule has 3 aromatic heterocycles. The third kappa shape index (κ3) is 4.26. The third-order valence-corrected chi connectivity index (χ3v) is 5.17. The number of thioether (sulfide) groups is 1. The van der Waals surface area contributed by atoms with Crippen molar-refractivity contribution in [1.82, 2.24) is 24.4 Å². The Morgan fingerprint density at radius 1 is 1.41 bits per heavy atom. The van der Waals surface area contributed by atoms with E-state index in [1.54, 1.807) is 30.6 Å². The second-order valence-corrected chi connectivity index (χ2v) is 7.31. The molecule has 4 aromatic rings. The maximum atomic E-state index is 13.0. The van der Waals surface area contributed by atoms with Crippen molar-refractivity contribution in [2.24, 2.45) is 0 Å². The fourth-order valence-electron chi connectivity index (χ4n) is 3.08. The van der Waals surface area contributed by atoms with Crippen molar-refractivity contribution in [2.75, 3.05) is 11.6 Å². The van der Waals surface area contributed by atoms with Crippen LogP contribution in [0.15, 0.2) is 53.9 Å². The molecule has 1 amide bonds. The van der Waals surface area contributed by atoms with E-state index in [0.29, 0.717) is 11.2 Å². The van der Waals surface area contributed by atoms with Crippen molar-refractivity contribution < 1.29 is 18.3 Å². The molecule has 0 saturated heterocycles. The van der Waals surface area contributed by atoms with E-state index >= 15 is 0 Å². The molecule has 8 nitrogen and oxygen atoms in total. The van der Waals surface area contributed by atoms with Gasteiger partial charge in [-0.3, -0.25) is 9.48 Å². The monoisotopic (exact) mass is 454 g/mol. The van der Waals surface area contributed by atoms with Crippen LogP contribution in [0.2, 0.25) is 0 Å². The summed E-state index contributed by atoms with van der Waals surface area (Å²) in [6.07, 6.45) is 13.4. The number of fused-ring (bicyclic) bond motifs is 1. The second kappa shape index (κ2) is 9.07. The molecular weight excluding hydrogens is 438 g/mol. The highest BCUT2D eigenvalue weighted by Crippen LogP contribution is 2.37. The van der Waals surface area contributed by atoms with Gasteiger partial charge < -0.3 is 10.1 Å². The molecule has 0 fully saturated rings. The number of nitrogens with zero attached hydrogens (tertiary/aromatic N) is 5. The zero-order valence-corrected chi connectivity index (χ0v) is 17.5. The molecule has 0 aliphatic rings. The van der Waals surface area contributed by atoms with Crippen LogP contribution in [0.4, 0.5) is 14.5 Å². The molecular formula is C21H16F2N6O2S. The molecule has 0 unspecified atom stereocenters. The van der Waals surface area contributed by atoms with Crippen LogP contribution in [-0.2, 0) is 6.54 Å². The van der Waals surface area contributed by atoms with Crippen molar-refractivity contribution >= 4 is 29.0 Å². The first kappa shape index (κ1) is 21.3. The summed E-state index contributed by atoms with van der Waals surface area (Å²) in [6, 6.07) is 6.45. The van der Waals surface area contributed by atoms with Crippen molar-refractivity contribution in [2.45, 2.75) is 18.1 Å². The first-order chi connectivity index (χ1) is 15.5. The van der Waals surface area contributed by atoms with Gasteiger partial charge in [0.15, 0.2) is 5.65 Å². The van der Waals surface area contributed by atoms with Crippen molar-refractivity contribution in [3.63, 3.8) is 0 Å². The highest BCUT2D eigenvalue weighted by atomic mass is 32.2. The summed E-state index contributed by atoms with van der Waals surface area (Å²) in [5, 5.41) is 11.3. The predicted molar refractivity (Wildman–Crippen MR) is 116 cm³/mol. The minimum atomic E-state index is -3.02. The molecule has 0 aliphatic carbocycles. The molecule has 11 heteroatoms. The summed E-state index contributed by atoms with van der Waals surface area (Å²) >= 11 is 1.42. The standard InChI is InChI=1S/C21H16F2N6O2S/c1-3-8-28-12-16(26-20(30)15-11-25-29-9-4-7-24-19(15)29)18(27-28)14-10-13(32-2)5-6-17(14)31-21(22)23/h1,4-7,9-12,21H,8H2,2H3,(H,26,30). The number of amides is 1. The van der Waals surface area contributed by atoms with Crippen molar-refractivity contribution in [3.05, 3.63) is 54.6 Å². The van der Waals surface area contributed by atoms with Gasteiger partial charge in [0.2, 0.25) is 0 Å². The largest absolute Gasteiger partial charge is 0.434 e. The van der Waals surface area contributed by atoms with Crippen LogP contribution in [0.1, 0.15) is 10.4 Å². The summed E-state index contributed by atoms with van der Waals surface area (Å²) < 4.78 is 33.6. The number of alkyl halides is 2. The number of hydrogen-bond donors (Lipinski definition) is 1. The minimum Gasteiger partial charge on any atom is -0.434 e. The summed E-state index contributed by atoms with van der Waals surface area (Å²) in [5.41, 5.74) is 1.42. The fourth-order valence-corrected chi connectivity index (χ4v) is 3.52. The lowest BCUT2D eigenvalue weighted by molar-refractivity contribution is -0.0494. The van der Waals surface area contributed by atoms with E-state index in [2.05, 4.69) is 26.4 Å². The molecule has 0 radical (unpaired) electrons. The molecule has 0 bridgehead atoms. The van der Waals surface area contributed by atoms with E-state index in [0.717, 1.165) is 4.90 Å². The van der Waals surface area contributed by atoms with E-state index < -0.39 is 12.5 Å². The van der Waals surface area contributed by atoms with Gasteiger partial charge in [-0.15, -0.1) is 18.2 Å². The zero-order valence-electron chi connectivity index (χ0n) is 16.7. The quantitative estimate of drug-likeness (QED) is 0.338.